The molecule has 2 aliphatic rings. The Balaban J connectivity index is 1.32. The van der Waals surface area contributed by atoms with Crippen LogP contribution in [-0.4, -0.2) is 44.8 Å². The van der Waals surface area contributed by atoms with E-state index in [1.807, 2.05) is 81.4 Å². The summed E-state index contributed by atoms with van der Waals surface area (Å²) in [4.78, 5) is 4.17. The van der Waals surface area contributed by atoms with E-state index in [4.69, 9.17) is 24.7 Å². The fraction of sp³-hybridized carbons (Fsp3) is 0.294. The minimum absolute atomic E-state index is 0.233. The predicted octanol–water partition coefficient (Wildman–Crippen LogP) is 6.43. The van der Waals surface area contributed by atoms with Gasteiger partial charge in [0.15, 0.2) is 11.6 Å². The fourth-order valence-corrected chi connectivity index (χ4v) is 7.37. The molecule has 0 bridgehead atoms. The number of benzene rings is 3. The maximum Gasteiger partial charge on any atom is 0.164 e. The van der Waals surface area contributed by atoms with E-state index >= 15 is 0 Å². The number of ether oxygens (including phenoxy) is 4. The van der Waals surface area contributed by atoms with Crippen LogP contribution in [0.5, 0.6) is 0 Å². The van der Waals surface area contributed by atoms with Gasteiger partial charge in [-0.2, -0.15) is 5.10 Å². The SMILES string of the molecule is CC1(C)O[C@@H]2[C@@H](COC(c3ccccc3)(c3ccccc3)c3ccccc3)O[C@@H](c3cc(Br)c4c(N)ncnn34)[C@]2(C)O1. The molecule has 2 saturated heterocycles. The summed E-state index contributed by atoms with van der Waals surface area (Å²) < 4.78 is 29.7. The molecule has 0 aliphatic carbocycles. The van der Waals surface area contributed by atoms with Crippen LogP contribution >= 0.6 is 15.9 Å². The van der Waals surface area contributed by atoms with E-state index < -0.39 is 35.3 Å². The van der Waals surface area contributed by atoms with Crippen LogP contribution in [0.4, 0.5) is 5.82 Å². The van der Waals surface area contributed by atoms with E-state index in [1.165, 1.54) is 6.33 Å². The van der Waals surface area contributed by atoms with E-state index in [9.17, 15) is 0 Å². The molecule has 0 saturated carbocycles. The van der Waals surface area contributed by atoms with E-state index in [0.717, 1.165) is 26.9 Å². The molecule has 43 heavy (non-hydrogen) atoms. The van der Waals surface area contributed by atoms with Crippen molar-refractivity contribution in [2.75, 3.05) is 12.3 Å². The van der Waals surface area contributed by atoms with Crippen molar-refractivity contribution in [2.45, 2.75) is 56.1 Å². The zero-order valence-electron chi connectivity index (χ0n) is 24.2. The topological polar surface area (TPSA) is 93.1 Å². The molecule has 4 heterocycles. The minimum atomic E-state index is -0.900. The van der Waals surface area contributed by atoms with Crippen molar-refractivity contribution in [3.8, 4) is 0 Å². The molecule has 2 aromatic heterocycles. The van der Waals surface area contributed by atoms with Crippen LogP contribution in [0.25, 0.3) is 5.52 Å². The van der Waals surface area contributed by atoms with Crippen molar-refractivity contribution in [2.24, 2.45) is 0 Å². The van der Waals surface area contributed by atoms with E-state index in [-0.39, 0.29) is 6.61 Å². The van der Waals surface area contributed by atoms with Gasteiger partial charge in [-0.1, -0.05) is 91.0 Å². The molecule has 8 nitrogen and oxygen atoms in total. The molecule has 0 unspecified atom stereocenters. The van der Waals surface area contributed by atoms with Crippen LogP contribution in [0, 0.1) is 0 Å². The predicted molar refractivity (Wildman–Crippen MR) is 166 cm³/mol. The largest absolute Gasteiger partial charge is 0.382 e. The van der Waals surface area contributed by atoms with Crippen molar-refractivity contribution >= 4 is 27.3 Å². The van der Waals surface area contributed by atoms with Gasteiger partial charge in [-0.25, -0.2) is 9.50 Å². The highest BCUT2D eigenvalue weighted by molar-refractivity contribution is 9.10. The van der Waals surface area contributed by atoms with E-state index in [2.05, 4.69) is 62.4 Å². The second-order valence-corrected chi connectivity index (χ2v) is 12.5. The highest BCUT2D eigenvalue weighted by atomic mass is 79.9. The molecule has 5 aromatic rings. The third-order valence-electron chi connectivity index (χ3n) is 8.45. The molecule has 2 aliphatic heterocycles. The van der Waals surface area contributed by atoms with Crippen molar-refractivity contribution in [1.29, 1.82) is 0 Å². The monoisotopic (exact) mass is 640 g/mol. The first-order valence-electron chi connectivity index (χ1n) is 14.3. The molecular weight excluding hydrogens is 608 g/mol. The van der Waals surface area contributed by atoms with Gasteiger partial charge in [0.05, 0.1) is 12.3 Å². The third-order valence-corrected chi connectivity index (χ3v) is 9.05. The lowest BCUT2D eigenvalue weighted by atomic mass is 9.80. The Bertz CT molecular complexity index is 1650. The summed E-state index contributed by atoms with van der Waals surface area (Å²) in [6.45, 7) is 6.13. The first-order chi connectivity index (χ1) is 20.7. The molecule has 9 heteroatoms. The highest BCUT2D eigenvalue weighted by Gasteiger charge is 2.64. The molecule has 4 atom stereocenters. The van der Waals surface area contributed by atoms with E-state index in [0.29, 0.717) is 11.3 Å². The number of fused-ring (bicyclic) bond motifs is 2. The van der Waals surface area contributed by atoms with Crippen molar-refractivity contribution in [3.05, 3.63) is 130 Å². The van der Waals surface area contributed by atoms with Gasteiger partial charge in [0, 0.05) is 4.47 Å². The van der Waals surface area contributed by atoms with Crippen molar-refractivity contribution in [3.63, 3.8) is 0 Å². The zero-order chi connectivity index (χ0) is 29.8. The number of nitrogens with zero attached hydrogens (tertiary/aromatic N) is 3. The number of hydrogen-bond acceptors (Lipinski definition) is 7. The standard InChI is InChI=1S/C34H33BrN4O4/c1-32(2)42-30-27(41-29(33(30,3)43-32)26-19-25(35)28-31(36)37-21-38-39(26)28)20-40-34(22-13-7-4-8-14-22,23-15-9-5-10-16-23)24-17-11-6-12-18-24/h4-19,21,27,29-30H,20H2,1-3H3,(H2,36,37,38)/t27-,29+,30-,33+/m1/s1. The number of nitrogen functional groups attached to an aromatic ring is 1. The smallest absolute Gasteiger partial charge is 0.164 e. The first kappa shape index (κ1) is 28.2. The number of rotatable bonds is 7. The van der Waals surface area contributed by atoms with Crippen molar-refractivity contribution < 1.29 is 18.9 Å². The Morgan fingerprint density at radius 2 is 1.47 bits per heavy atom. The van der Waals surface area contributed by atoms with Gasteiger partial charge in [0.25, 0.3) is 0 Å². The van der Waals surface area contributed by atoms with Gasteiger partial charge in [0.2, 0.25) is 0 Å². The lowest BCUT2D eigenvalue weighted by Gasteiger charge is -2.37. The Morgan fingerprint density at radius 1 is 0.907 bits per heavy atom. The Labute approximate surface area is 258 Å². The van der Waals surface area contributed by atoms with Crippen LogP contribution in [0.1, 0.15) is 49.3 Å². The van der Waals surface area contributed by atoms with E-state index in [1.54, 1.807) is 4.52 Å². The summed E-state index contributed by atoms with van der Waals surface area (Å²) in [6.07, 6.45) is 0.0321. The summed E-state index contributed by atoms with van der Waals surface area (Å²) in [5, 5.41) is 4.51. The van der Waals surface area contributed by atoms with Crippen molar-refractivity contribution in [1.82, 2.24) is 14.6 Å². The molecule has 3 aromatic carbocycles. The summed E-state index contributed by atoms with van der Waals surface area (Å²) in [7, 11) is 0. The lowest BCUT2D eigenvalue weighted by Crippen LogP contribution is -2.43. The number of halogens is 1. The summed E-state index contributed by atoms with van der Waals surface area (Å²) in [5.74, 6) is -0.456. The van der Waals surface area contributed by atoms with Gasteiger partial charge >= 0.3 is 0 Å². The van der Waals surface area contributed by atoms with Crippen LogP contribution in [0.3, 0.4) is 0 Å². The molecule has 0 amide bonds. The van der Waals surface area contributed by atoms with Gasteiger partial charge in [-0.3, -0.25) is 0 Å². The maximum atomic E-state index is 7.17. The summed E-state index contributed by atoms with van der Waals surface area (Å²) in [5.41, 5.74) is 9.00. The molecule has 0 radical (unpaired) electrons. The Kier molecular flexibility index (Phi) is 6.91. The minimum Gasteiger partial charge on any atom is -0.382 e. The number of anilines is 1. The lowest BCUT2D eigenvalue weighted by molar-refractivity contribution is -0.210. The Morgan fingerprint density at radius 3 is 2.02 bits per heavy atom. The number of aromatic nitrogens is 3. The quantitative estimate of drug-likeness (QED) is 0.205. The van der Waals surface area contributed by atoms with Gasteiger partial charge < -0.3 is 24.7 Å². The highest BCUT2D eigenvalue weighted by Crippen LogP contribution is 2.54. The van der Waals surface area contributed by atoms with Crippen LogP contribution in [-0.2, 0) is 24.5 Å². The van der Waals surface area contributed by atoms with Gasteiger partial charge in [-0.05, 0) is 59.5 Å². The molecule has 2 fully saturated rings. The van der Waals surface area contributed by atoms with Gasteiger partial charge in [-0.15, -0.1) is 0 Å². The third kappa shape index (κ3) is 4.58. The molecular formula is C34H33BrN4O4. The van der Waals surface area contributed by atoms with Gasteiger partial charge in [0.1, 0.15) is 41.4 Å². The van der Waals surface area contributed by atoms with Crippen LogP contribution in [0.15, 0.2) is 108 Å². The number of hydrogen-bond donors (Lipinski definition) is 1. The van der Waals surface area contributed by atoms with Crippen LogP contribution in [0.2, 0.25) is 0 Å². The fourth-order valence-electron chi connectivity index (χ4n) is 6.76. The second-order valence-electron chi connectivity index (χ2n) is 11.7. The molecule has 220 valence electrons. The Hall–Kier alpha value is -3.60. The zero-order valence-corrected chi connectivity index (χ0v) is 25.8. The molecule has 2 N–H and O–H groups in total. The summed E-state index contributed by atoms with van der Waals surface area (Å²) >= 11 is 3.64. The normalized spacial score (nSPS) is 24.8. The average Bonchev–Trinajstić information content (AvgIpc) is 3.58. The number of nitrogens with two attached hydrogens (primary N) is 1. The maximum absolute atomic E-state index is 7.17. The first-order valence-corrected chi connectivity index (χ1v) is 15.1. The molecule has 0 spiro atoms. The summed E-state index contributed by atoms with van der Waals surface area (Å²) in [6, 6.07) is 32.9. The molecule has 7 rings (SSSR count). The average molecular weight is 642 g/mol. The second kappa shape index (κ2) is 10.5. The van der Waals surface area contributed by atoms with Crippen LogP contribution < -0.4 is 5.73 Å².